The van der Waals surface area contributed by atoms with Gasteiger partial charge in [-0.05, 0) is 31.5 Å². The minimum absolute atomic E-state index is 0.249. The molecular weight excluding hydrogens is 218 g/mol. The Balaban J connectivity index is 2.49. The van der Waals surface area contributed by atoms with Crippen LogP contribution in [0.4, 0.5) is 0 Å². The van der Waals surface area contributed by atoms with Crippen LogP contribution in [-0.4, -0.2) is 27.1 Å². The van der Waals surface area contributed by atoms with Gasteiger partial charge in [-0.2, -0.15) is 0 Å². The van der Waals surface area contributed by atoms with E-state index < -0.39 is 0 Å². The smallest absolute Gasteiger partial charge is 0.165 e. The molecule has 0 spiro atoms. The van der Waals surface area contributed by atoms with Gasteiger partial charge in [0.2, 0.25) is 0 Å². The van der Waals surface area contributed by atoms with E-state index in [1.165, 1.54) is 0 Å². The van der Waals surface area contributed by atoms with Gasteiger partial charge in [-0.25, -0.2) is 0 Å². The molecule has 1 N–H and O–H groups in total. The van der Waals surface area contributed by atoms with Crippen molar-refractivity contribution >= 4 is 6.29 Å². The molecule has 92 valence electrons. The molecule has 4 nitrogen and oxygen atoms in total. The molecule has 1 fully saturated rings. The summed E-state index contributed by atoms with van der Waals surface area (Å²) in [6.07, 6.45) is 3.03. The molecule has 4 heteroatoms. The Morgan fingerprint density at radius 1 is 1.35 bits per heavy atom. The van der Waals surface area contributed by atoms with Crippen LogP contribution in [0.5, 0.6) is 11.5 Å². The number of aldehydes is 1. The normalized spacial score (nSPS) is 19.1. The minimum atomic E-state index is 0.249. The zero-order valence-electron chi connectivity index (χ0n) is 10.2. The molecule has 1 saturated heterocycles. The molecule has 0 aliphatic carbocycles. The molecule has 2 rings (SSSR count). The lowest BCUT2D eigenvalue weighted by Crippen LogP contribution is -2.14. The van der Waals surface area contributed by atoms with Crippen molar-refractivity contribution in [2.24, 2.45) is 0 Å². The van der Waals surface area contributed by atoms with E-state index in [2.05, 4.69) is 5.32 Å². The van der Waals surface area contributed by atoms with Gasteiger partial charge in [0, 0.05) is 17.2 Å². The van der Waals surface area contributed by atoms with Gasteiger partial charge in [0.25, 0.3) is 0 Å². The number of nitrogens with one attached hydrogen (secondary N) is 1. The topological polar surface area (TPSA) is 47.6 Å². The van der Waals surface area contributed by atoms with Crippen molar-refractivity contribution in [2.75, 3.05) is 20.8 Å². The summed E-state index contributed by atoms with van der Waals surface area (Å²) in [5.74, 6) is 1.33. The first-order valence-electron chi connectivity index (χ1n) is 5.74. The van der Waals surface area contributed by atoms with Crippen LogP contribution in [0.15, 0.2) is 12.1 Å². The van der Waals surface area contributed by atoms with Gasteiger partial charge >= 0.3 is 0 Å². The van der Waals surface area contributed by atoms with Crippen LogP contribution in [0.2, 0.25) is 0 Å². The van der Waals surface area contributed by atoms with Crippen molar-refractivity contribution in [1.29, 1.82) is 0 Å². The standard InChI is InChI=1S/C13H17NO3/c1-16-12-7-9(8-15)6-10(13(12)17-2)11-4-3-5-14-11/h6-8,11,14H,3-5H2,1-2H3. The summed E-state index contributed by atoms with van der Waals surface area (Å²) >= 11 is 0. The highest BCUT2D eigenvalue weighted by Gasteiger charge is 2.23. The average Bonchev–Trinajstić information content (AvgIpc) is 2.90. The Bertz CT molecular complexity index is 411. The average molecular weight is 235 g/mol. The highest BCUT2D eigenvalue weighted by atomic mass is 16.5. The number of ether oxygens (including phenoxy) is 2. The Morgan fingerprint density at radius 3 is 2.71 bits per heavy atom. The number of rotatable bonds is 4. The predicted molar refractivity (Wildman–Crippen MR) is 64.9 cm³/mol. The molecule has 0 amide bonds. The third-order valence-electron chi connectivity index (χ3n) is 3.10. The number of carbonyl (C=O) groups is 1. The molecule has 0 bridgehead atoms. The van der Waals surface area contributed by atoms with E-state index in [9.17, 15) is 4.79 Å². The van der Waals surface area contributed by atoms with E-state index in [-0.39, 0.29) is 6.04 Å². The Labute approximate surface area is 101 Å². The number of carbonyl (C=O) groups excluding carboxylic acids is 1. The van der Waals surface area contributed by atoms with Gasteiger partial charge in [0.05, 0.1) is 14.2 Å². The monoisotopic (exact) mass is 235 g/mol. The first-order valence-corrected chi connectivity index (χ1v) is 5.74. The summed E-state index contributed by atoms with van der Waals surface area (Å²) in [5.41, 5.74) is 1.62. The van der Waals surface area contributed by atoms with Gasteiger partial charge in [-0.1, -0.05) is 0 Å². The van der Waals surface area contributed by atoms with E-state index in [4.69, 9.17) is 9.47 Å². The molecule has 1 aliphatic rings. The van der Waals surface area contributed by atoms with Crippen molar-refractivity contribution in [2.45, 2.75) is 18.9 Å². The van der Waals surface area contributed by atoms with Crippen molar-refractivity contribution in [3.63, 3.8) is 0 Å². The largest absolute Gasteiger partial charge is 0.493 e. The van der Waals surface area contributed by atoms with E-state index >= 15 is 0 Å². The van der Waals surface area contributed by atoms with Gasteiger partial charge in [0.15, 0.2) is 11.5 Å². The molecule has 17 heavy (non-hydrogen) atoms. The molecule has 1 aliphatic heterocycles. The van der Waals surface area contributed by atoms with Crippen molar-refractivity contribution in [3.8, 4) is 11.5 Å². The maximum Gasteiger partial charge on any atom is 0.165 e. The Hall–Kier alpha value is -1.55. The molecule has 1 atom stereocenters. The zero-order valence-corrected chi connectivity index (χ0v) is 10.2. The second-order valence-corrected chi connectivity index (χ2v) is 4.11. The van der Waals surface area contributed by atoms with Crippen LogP contribution >= 0.6 is 0 Å². The summed E-state index contributed by atoms with van der Waals surface area (Å²) in [6, 6.07) is 3.82. The van der Waals surface area contributed by atoms with Crippen molar-refractivity contribution in [3.05, 3.63) is 23.3 Å². The third-order valence-corrected chi connectivity index (χ3v) is 3.10. The van der Waals surface area contributed by atoms with Gasteiger partial charge in [-0.15, -0.1) is 0 Å². The van der Waals surface area contributed by atoms with E-state index in [1.807, 2.05) is 6.07 Å². The molecule has 0 saturated carbocycles. The summed E-state index contributed by atoms with van der Waals surface area (Å²) in [4.78, 5) is 10.9. The van der Waals surface area contributed by atoms with E-state index in [1.54, 1.807) is 20.3 Å². The maximum atomic E-state index is 10.9. The van der Waals surface area contributed by atoms with Crippen molar-refractivity contribution < 1.29 is 14.3 Å². The number of benzene rings is 1. The first kappa shape index (κ1) is 11.9. The summed E-state index contributed by atoms with van der Waals surface area (Å²) < 4.78 is 10.7. The molecule has 0 aromatic heterocycles. The maximum absolute atomic E-state index is 10.9. The van der Waals surface area contributed by atoms with Gasteiger partial charge < -0.3 is 14.8 Å². The highest BCUT2D eigenvalue weighted by molar-refractivity contribution is 5.77. The number of hydrogen-bond donors (Lipinski definition) is 1. The first-order chi connectivity index (χ1) is 8.30. The second-order valence-electron chi connectivity index (χ2n) is 4.11. The van der Waals surface area contributed by atoms with E-state index in [0.717, 1.165) is 37.0 Å². The number of hydrogen-bond acceptors (Lipinski definition) is 4. The number of methoxy groups -OCH3 is 2. The second kappa shape index (κ2) is 5.19. The van der Waals surface area contributed by atoms with Crippen molar-refractivity contribution in [1.82, 2.24) is 5.32 Å². The molecule has 1 heterocycles. The van der Waals surface area contributed by atoms with Gasteiger partial charge in [0.1, 0.15) is 6.29 Å². The fourth-order valence-electron chi connectivity index (χ4n) is 2.29. The van der Waals surface area contributed by atoms with Crippen LogP contribution in [0.1, 0.15) is 34.8 Å². The van der Waals surface area contributed by atoms with E-state index in [0.29, 0.717) is 11.3 Å². The van der Waals surface area contributed by atoms with Crippen LogP contribution in [0.25, 0.3) is 0 Å². The van der Waals surface area contributed by atoms with Crippen LogP contribution in [-0.2, 0) is 0 Å². The lowest BCUT2D eigenvalue weighted by molar-refractivity contribution is 0.112. The Morgan fingerprint density at radius 2 is 2.18 bits per heavy atom. The fraction of sp³-hybridized carbons (Fsp3) is 0.462. The predicted octanol–water partition coefficient (Wildman–Crippen LogP) is 1.94. The third kappa shape index (κ3) is 2.26. The molecule has 1 aromatic carbocycles. The summed E-state index contributed by atoms with van der Waals surface area (Å²) in [7, 11) is 3.20. The molecular formula is C13H17NO3. The summed E-state index contributed by atoms with van der Waals surface area (Å²) in [6.45, 7) is 1.00. The fourth-order valence-corrected chi connectivity index (χ4v) is 2.29. The SMILES string of the molecule is COc1cc(C=O)cc(C2CCCN2)c1OC. The van der Waals surface area contributed by atoms with Gasteiger partial charge in [-0.3, -0.25) is 4.79 Å². The Kier molecular flexibility index (Phi) is 3.64. The molecule has 1 unspecified atom stereocenters. The summed E-state index contributed by atoms with van der Waals surface area (Å²) in [5, 5.41) is 3.40. The quantitative estimate of drug-likeness (QED) is 0.810. The molecule has 1 aromatic rings. The molecule has 0 radical (unpaired) electrons. The van der Waals surface area contributed by atoms with Crippen LogP contribution in [0, 0.1) is 0 Å². The lowest BCUT2D eigenvalue weighted by Gasteiger charge is -2.18. The van der Waals surface area contributed by atoms with Crippen LogP contribution in [0.3, 0.4) is 0 Å². The zero-order chi connectivity index (χ0) is 12.3. The minimum Gasteiger partial charge on any atom is -0.493 e. The highest BCUT2D eigenvalue weighted by Crippen LogP contribution is 2.38. The lowest BCUT2D eigenvalue weighted by atomic mass is 10.0. The van der Waals surface area contributed by atoms with Crippen LogP contribution < -0.4 is 14.8 Å².